The number of pyridine rings is 1. The molecule has 7 heteroatoms. The van der Waals surface area contributed by atoms with Gasteiger partial charge in [0.05, 0.1) is 43.7 Å². The summed E-state index contributed by atoms with van der Waals surface area (Å²) in [5.41, 5.74) is 2.98. The van der Waals surface area contributed by atoms with Crippen LogP contribution in [0, 0.1) is 11.3 Å². The summed E-state index contributed by atoms with van der Waals surface area (Å²) in [6.45, 7) is 2.19. The second kappa shape index (κ2) is 5.89. The van der Waals surface area contributed by atoms with Crippen LogP contribution in [0.2, 0.25) is 0 Å². The number of hydrogen-bond donors (Lipinski definition) is 1. The fourth-order valence-corrected chi connectivity index (χ4v) is 3.42. The molecule has 0 spiro atoms. The van der Waals surface area contributed by atoms with Gasteiger partial charge in [-0.2, -0.15) is 5.26 Å². The first kappa shape index (κ1) is 15.1. The summed E-state index contributed by atoms with van der Waals surface area (Å²) in [7, 11) is 0. The lowest BCUT2D eigenvalue weighted by Gasteiger charge is -2.30. The lowest BCUT2D eigenvalue weighted by Crippen LogP contribution is -2.29. The number of nitriles is 1. The second-order valence-electron chi connectivity index (χ2n) is 6.19. The Morgan fingerprint density at radius 1 is 1.46 bits per heavy atom. The predicted octanol–water partition coefficient (Wildman–Crippen LogP) is 2.86. The molecule has 1 aliphatic heterocycles. The molecule has 3 aromatic rings. The molecule has 0 aliphatic carbocycles. The number of aromatic nitrogens is 3. The summed E-state index contributed by atoms with van der Waals surface area (Å²) in [5.74, 6) is 0.586. The van der Waals surface area contributed by atoms with Gasteiger partial charge in [-0.1, -0.05) is 0 Å². The SMILES string of the molecule is C[C@@H](O)c1nc2cnc3ccoc3c2n1[C@H]1CCC(CC#N)OC1. The van der Waals surface area contributed by atoms with E-state index < -0.39 is 6.10 Å². The molecule has 3 aromatic heterocycles. The van der Waals surface area contributed by atoms with Gasteiger partial charge in [-0.15, -0.1) is 0 Å². The van der Waals surface area contributed by atoms with Crippen molar-refractivity contribution in [3.63, 3.8) is 0 Å². The molecule has 1 unspecified atom stereocenters. The van der Waals surface area contributed by atoms with Crippen molar-refractivity contribution in [3.05, 3.63) is 24.4 Å². The topological polar surface area (TPSA) is 97.1 Å². The number of fused-ring (bicyclic) bond motifs is 3. The Kier molecular flexibility index (Phi) is 3.71. The molecule has 0 radical (unpaired) electrons. The van der Waals surface area contributed by atoms with Gasteiger partial charge in [0.15, 0.2) is 5.58 Å². The zero-order valence-corrected chi connectivity index (χ0v) is 13.3. The third-order valence-corrected chi connectivity index (χ3v) is 4.55. The Morgan fingerprint density at radius 3 is 3.04 bits per heavy atom. The minimum atomic E-state index is -0.709. The van der Waals surface area contributed by atoms with E-state index in [4.69, 9.17) is 14.4 Å². The van der Waals surface area contributed by atoms with E-state index >= 15 is 0 Å². The highest BCUT2D eigenvalue weighted by Crippen LogP contribution is 2.34. The molecular weight excluding hydrogens is 308 g/mol. The zero-order chi connectivity index (χ0) is 16.7. The van der Waals surface area contributed by atoms with Crippen LogP contribution in [0.4, 0.5) is 0 Å². The van der Waals surface area contributed by atoms with Crippen molar-refractivity contribution in [2.24, 2.45) is 0 Å². The molecule has 1 aliphatic rings. The summed E-state index contributed by atoms with van der Waals surface area (Å²) in [6.07, 6.45) is 4.67. The van der Waals surface area contributed by atoms with Crippen molar-refractivity contribution >= 4 is 22.1 Å². The molecule has 1 saturated heterocycles. The summed E-state index contributed by atoms with van der Waals surface area (Å²) < 4.78 is 13.5. The number of furan rings is 1. The van der Waals surface area contributed by atoms with Crippen LogP contribution in [0.25, 0.3) is 22.1 Å². The smallest absolute Gasteiger partial charge is 0.178 e. The number of ether oxygens (including phenoxy) is 1. The molecule has 1 N–H and O–H groups in total. The number of nitrogens with zero attached hydrogens (tertiary/aromatic N) is 4. The van der Waals surface area contributed by atoms with Gasteiger partial charge in [0, 0.05) is 6.07 Å². The highest BCUT2D eigenvalue weighted by molar-refractivity contribution is 5.98. The first-order chi connectivity index (χ1) is 11.7. The maximum Gasteiger partial charge on any atom is 0.178 e. The maximum absolute atomic E-state index is 10.2. The van der Waals surface area contributed by atoms with Crippen LogP contribution < -0.4 is 0 Å². The van der Waals surface area contributed by atoms with Crippen molar-refractivity contribution in [2.45, 2.75) is 44.4 Å². The number of aliphatic hydroxyl groups excluding tert-OH is 1. The lowest BCUT2D eigenvalue weighted by atomic mass is 10.0. The number of imidazole rings is 1. The molecule has 3 atom stereocenters. The third kappa shape index (κ3) is 2.35. The molecule has 7 nitrogen and oxygen atoms in total. The summed E-state index contributed by atoms with van der Waals surface area (Å²) in [4.78, 5) is 8.90. The molecule has 0 amide bonds. The van der Waals surface area contributed by atoms with Gasteiger partial charge in [0.1, 0.15) is 28.5 Å². The van der Waals surface area contributed by atoms with Crippen LogP contribution in [0.5, 0.6) is 0 Å². The first-order valence-electron chi connectivity index (χ1n) is 8.09. The molecule has 24 heavy (non-hydrogen) atoms. The van der Waals surface area contributed by atoms with Crippen LogP contribution in [0.15, 0.2) is 22.9 Å². The van der Waals surface area contributed by atoms with E-state index in [9.17, 15) is 5.11 Å². The first-order valence-corrected chi connectivity index (χ1v) is 8.09. The van der Waals surface area contributed by atoms with Crippen molar-refractivity contribution in [1.82, 2.24) is 14.5 Å². The molecule has 124 valence electrons. The highest BCUT2D eigenvalue weighted by Gasteiger charge is 2.29. The Hall–Kier alpha value is -2.43. The standard InChI is InChI=1S/C17H18N4O3/c1-10(22)17-20-14-8-19-13-5-7-23-16(13)15(14)21(17)11-2-3-12(4-6-18)24-9-11/h5,7-8,10-12,22H,2-4,9H2,1H3/t10-,11+,12?/m1/s1. The molecule has 1 fully saturated rings. The van der Waals surface area contributed by atoms with Gasteiger partial charge in [-0.3, -0.25) is 4.98 Å². The molecule has 4 heterocycles. The van der Waals surface area contributed by atoms with E-state index in [0.717, 1.165) is 23.9 Å². The summed E-state index contributed by atoms with van der Waals surface area (Å²) in [5, 5.41) is 19.0. The monoisotopic (exact) mass is 326 g/mol. The van der Waals surface area contributed by atoms with E-state index in [2.05, 4.69) is 16.0 Å². The molecule has 4 rings (SSSR count). The van der Waals surface area contributed by atoms with Gasteiger partial charge < -0.3 is 18.8 Å². The summed E-state index contributed by atoms with van der Waals surface area (Å²) in [6, 6.07) is 4.02. The fourth-order valence-electron chi connectivity index (χ4n) is 3.42. The second-order valence-corrected chi connectivity index (χ2v) is 6.19. The third-order valence-electron chi connectivity index (χ3n) is 4.55. The molecule has 0 bridgehead atoms. The Labute approximate surface area is 138 Å². The van der Waals surface area contributed by atoms with Gasteiger partial charge in [-0.05, 0) is 19.8 Å². The average molecular weight is 326 g/mol. The number of rotatable bonds is 3. The number of hydrogen-bond acceptors (Lipinski definition) is 6. The minimum absolute atomic E-state index is 0.0127. The van der Waals surface area contributed by atoms with Crippen molar-refractivity contribution in [2.75, 3.05) is 6.61 Å². The predicted molar refractivity (Wildman–Crippen MR) is 86.2 cm³/mol. The largest absolute Gasteiger partial charge is 0.460 e. The van der Waals surface area contributed by atoms with Crippen LogP contribution in [0.1, 0.15) is 44.2 Å². The molecule has 0 saturated carbocycles. The molecular formula is C17H18N4O3. The number of aliphatic hydroxyl groups is 1. The van der Waals surface area contributed by atoms with Gasteiger partial charge in [0.25, 0.3) is 0 Å². The maximum atomic E-state index is 10.2. The van der Waals surface area contributed by atoms with E-state index in [1.54, 1.807) is 19.4 Å². The van der Waals surface area contributed by atoms with Gasteiger partial charge in [-0.25, -0.2) is 4.98 Å². The Morgan fingerprint density at radius 2 is 2.33 bits per heavy atom. The van der Waals surface area contributed by atoms with Crippen molar-refractivity contribution in [1.29, 1.82) is 5.26 Å². The van der Waals surface area contributed by atoms with Gasteiger partial charge in [0.2, 0.25) is 0 Å². The average Bonchev–Trinajstić information content (AvgIpc) is 3.19. The summed E-state index contributed by atoms with van der Waals surface area (Å²) >= 11 is 0. The van der Waals surface area contributed by atoms with E-state index in [1.807, 2.05) is 10.6 Å². The fraction of sp³-hybridized carbons (Fsp3) is 0.471. The Balaban J connectivity index is 1.82. The lowest BCUT2D eigenvalue weighted by molar-refractivity contribution is -0.00951. The molecule has 0 aromatic carbocycles. The quantitative estimate of drug-likeness (QED) is 0.795. The Bertz CT molecular complexity index is 913. The van der Waals surface area contributed by atoms with Crippen LogP contribution in [-0.4, -0.2) is 32.4 Å². The van der Waals surface area contributed by atoms with E-state index in [0.29, 0.717) is 30.0 Å². The highest BCUT2D eigenvalue weighted by atomic mass is 16.5. The van der Waals surface area contributed by atoms with E-state index in [-0.39, 0.29) is 12.1 Å². The van der Waals surface area contributed by atoms with Crippen LogP contribution >= 0.6 is 0 Å². The van der Waals surface area contributed by atoms with Crippen molar-refractivity contribution in [3.8, 4) is 6.07 Å². The van der Waals surface area contributed by atoms with Crippen LogP contribution in [0.3, 0.4) is 0 Å². The van der Waals surface area contributed by atoms with E-state index in [1.165, 1.54) is 0 Å². The van der Waals surface area contributed by atoms with Crippen molar-refractivity contribution < 1.29 is 14.3 Å². The zero-order valence-electron chi connectivity index (χ0n) is 13.3. The minimum Gasteiger partial charge on any atom is -0.460 e. The van der Waals surface area contributed by atoms with Crippen LogP contribution in [-0.2, 0) is 4.74 Å². The van der Waals surface area contributed by atoms with Gasteiger partial charge >= 0.3 is 0 Å². The normalized spacial score (nSPS) is 22.7.